The number of para-hydroxylation sites is 1. The normalized spacial score (nSPS) is 17.7. The lowest BCUT2D eigenvalue weighted by molar-refractivity contribution is -0.136. The number of nitrogens with zero attached hydrogens (tertiary/aromatic N) is 2. The van der Waals surface area contributed by atoms with Crippen molar-refractivity contribution in [2.75, 3.05) is 4.90 Å². The zero-order valence-electron chi connectivity index (χ0n) is 16.7. The van der Waals surface area contributed by atoms with Gasteiger partial charge in [-0.3, -0.25) is 14.6 Å². The topological polar surface area (TPSA) is 70.5 Å². The molecule has 0 aliphatic carbocycles. The number of aliphatic hydroxyl groups is 1. The first-order valence-corrected chi connectivity index (χ1v) is 10.1. The van der Waals surface area contributed by atoms with Crippen molar-refractivity contribution in [2.24, 2.45) is 0 Å². The smallest absolute Gasteiger partial charge is 0.264 e. The maximum atomic E-state index is 13.5. The van der Waals surface area contributed by atoms with Crippen molar-refractivity contribution in [1.82, 2.24) is 4.98 Å². The van der Waals surface area contributed by atoms with Crippen molar-refractivity contribution in [3.05, 3.63) is 108 Å². The Hall–Kier alpha value is -3.83. The fourth-order valence-corrected chi connectivity index (χ4v) is 4.31. The van der Waals surface area contributed by atoms with Crippen molar-refractivity contribution in [3.63, 3.8) is 0 Å². The molecule has 1 atom stereocenters. The first kappa shape index (κ1) is 19.2. The number of aromatic nitrogens is 1. The lowest BCUT2D eigenvalue weighted by atomic mass is 9.88. The zero-order chi connectivity index (χ0) is 21.4. The molecule has 0 unspecified atom stereocenters. The summed E-state index contributed by atoms with van der Waals surface area (Å²) in [4.78, 5) is 31.8. The summed E-state index contributed by atoms with van der Waals surface area (Å²) in [7, 11) is 0. The van der Waals surface area contributed by atoms with E-state index >= 15 is 0 Å². The summed E-state index contributed by atoms with van der Waals surface area (Å²) in [5.41, 5.74) is 0.585. The molecule has 0 saturated carbocycles. The largest absolute Gasteiger partial charge is 0.375 e. The Labute approximate surface area is 179 Å². The molecule has 152 valence electrons. The molecule has 4 aromatic rings. The summed E-state index contributed by atoms with van der Waals surface area (Å²) in [6.45, 7) is 0.308. The van der Waals surface area contributed by atoms with Crippen LogP contribution in [0.15, 0.2) is 91.3 Å². The van der Waals surface area contributed by atoms with E-state index in [2.05, 4.69) is 4.98 Å². The summed E-state index contributed by atoms with van der Waals surface area (Å²) < 4.78 is 0. The highest BCUT2D eigenvalue weighted by atomic mass is 16.3. The van der Waals surface area contributed by atoms with Gasteiger partial charge in [0.25, 0.3) is 5.91 Å². The quantitative estimate of drug-likeness (QED) is 0.502. The van der Waals surface area contributed by atoms with Gasteiger partial charge in [-0.2, -0.15) is 0 Å². The molecule has 1 aromatic heterocycles. The van der Waals surface area contributed by atoms with Crippen molar-refractivity contribution in [1.29, 1.82) is 0 Å². The number of hydrogen-bond acceptors (Lipinski definition) is 4. The minimum absolute atomic E-state index is 0.305. The molecule has 0 saturated heterocycles. The second-order valence-corrected chi connectivity index (χ2v) is 7.74. The van der Waals surface area contributed by atoms with Crippen molar-refractivity contribution in [3.8, 4) is 0 Å². The van der Waals surface area contributed by atoms with Gasteiger partial charge in [0.05, 0.1) is 18.7 Å². The third kappa shape index (κ3) is 3.20. The summed E-state index contributed by atoms with van der Waals surface area (Å²) in [6.07, 6.45) is 2.72. The molecule has 1 amide bonds. The van der Waals surface area contributed by atoms with Gasteiger partial charge in [0.2, 0.25) is 0 Å². The number of fused-ring (bicyclic) bond motifs is 2. The molecule has 5 heteroatoms. The van der Waals surface area contributed by atoms with Gasteiger partial charge < -0.3 is 10.0 Å². The Bertz CT molecular complexity index is 1300. The Kier molecular flexibility index (Phi) is 4.60. The zero-order valence-corrected chi connectivity index (χ0v) is 16.7. The van der Waals surface area contributed by atoms with Gasteiger partial charge in [-0.15, -0.1) is 0 Å². The van der Waals surface area contributed by atoms with Crippen LogP contribution in [-0.4, -0.2) is 21.8 Å². The van der Waals surface area contributed by atoms with Crippen LogP contribution in [0.2, 0.25) is 0 Å². The minimum Gasteiger partial charge on any atom is -0.375 e. The predicted molar refractivity (Wildman–Crippen MR) is 119 cm³/mol. The molecule has 0 bridgehead atoms. The lowest BCUT2D eigenvalue weighted by Gasteiger charge is -2.23. The number of hydrogen-bond donors (Lipinski definition) is 1. The number of benzene rings is 3. The second kappa shape index (κ2) is 7.45. The van der Waals surface area contributed by atoms with E-state index in [0.717, 1.165) is 16.3 Å². The number of ketones is 1. The van der Waals surface area contributed by atoms with E-state index in [-0.39, 0.29) is 12.2 Å². The van der Waals surface area contributed by atoms with Crippen LogP contribution in [0, 0.1) is 0 Å². The van der Waals surface area contributed by atoms with E-state index in [1.54, 1.807) is 29.2 Å². The second-order valence-electron chi connectivity index (χ2n) is 7.74. The van der Waals surface area contributed by atoms with Crippen LogP contribution in [0.1, 0.15) is 27.9 Å². The number of anilines is 1. The molecule has 5 rings (SSSR count). The molecule has 0 fully saturated rings. The average molecular weight is 408 g/mol. The SMILES string of the molecule is O=C(C[C@@]1(O)C(=O)N(Cc2cccc3ccccc23)c2ccccc21)c1ccncc1. The van der Waals surface area contributed by atoms with E-state index in [0.29, 0.717) is 23.4 Å². The summed E-state index contributed by atoms with van der Waals surface area (Å²) in [5.74, 6) is -0.788. The fourth-order valence-electron chi connectivity index (χ4n) is 4.31. The van der Waals surface area contributed by atoms with Crippen LogP contribution in [0.3, 0.4) is 0 Å². The van der Waals surface area contributed by atoms with Crippen LogP contribution in [0.5, 0.6) is 0 Å². The lowest BCUT2D eigenvalue weighted by Crippen LogP contribution is -2.41. The fraction of sp³-hybridized carbons (Fsp3) is 0.115. The highest BCUT2D eigenvalue weighted by Gasteiger charge is 2.50. The van der Waals surface area contributed by atoms with E-state index in [4.69, 9.17) is 0 Å². The van der Waals surface area contributed by atoms with Crippen LogP contribution in [0.25, 0.3) is 10.8 Å². The molecule has 3 aromatic carbocycles. The van der Waals surface area contributed by atoms with Crippen molar-refractivity contribution < 1.29 is 14.7 Å². The Morgan fingerprint density at radius 3 is 2.45 bits per heavy atom. The number of pyridine rings is 1. The van der Waals surface area contributed by atoms with E-state index in [1.165, 1.54) is 12.4 Å². The van der Waals surface area contributed by atoms with Crippen LogP contribution in [0.4, 0.5) is 5.69 Å². The Morgan fingerprint density at radius 1 is 0.903 bits per heavy atom. The summed E-state index contributed by atoms with van der Waals surface area (Å²) in [6, 6.07) is 24.3. The molecule has 0 radical (unpaired) electrons. The molecule has 0 spiro atoms. The Balaban J connectivity index is 1.53. The molecule has 31 heavy (non-hydrogen) atoms. The summed E-state index contributed by atoms with van der Waals surface area (Å²) >= 11 is 0. The van der Waals surface area contributed by atoms with Gasteiger partial charge in [0.1, 0.15) is 0 Å². The highest BCUT2D eigenvalue weighted by Crippen LogP contribution is 2.43. The molecule has 5 nitrogen and oxygen atoms in total. The number of carbonyl (C=O) groups is 2. The average Bonchev–Trinajstić information content (AvgIpc) is 3.02. The number of rotatable bonds is 5. The number of carbonyl (C=O) groups excluding carboxylic acids is 2. The maximum Gasteiger partial charge on any atom is 0.264 e. The molecular formula is C26H20N2O3. The Morgan fingerprint density at radius 2 is 1.61 bits per heavy atom. The van der Waals surface area contributed by atoms with E-state index in [9.17, 15) is 14.7 Å². The van der Waals surface area contributed by atoms with Crippen LogP contribution < -0.4 is 4.90 Å². The maximum absolute atomic E-state index is 13.5. The van der Waals surface area contributed by atoms with Crippen molar-refractivity contribution >= 4 is 28.2 Å². The van der Waals surface area contributed by atoms with Crippen LogP contribution in [-0.2, 0) is 16.9 Å². The van der Waals surface area contributed by atoms with Crippen molar-refractivity contribution in [2.45, 2.75) is 18.6 Å². The first-order valence-electron chi connectivity index (χ1n) is 10.1. The summed E-state index contributed by atoms with van der Waals surface area (Å²) in [5, 5.41) is 13.6. The third-order valence-corrected chi connectivity index (χ3v) is 5.87. The molecule has 1 N–H and O–H groups in total. The predicted octanol–water partition coefficient (Wildman–Crippen LogP) is 4.24. The number of Topliss-reactive ketones (excluding diaryl/α,β-unsaturated/α-hetero) is 1. The molecular weight excluding hydrogens is 388 g/mol. The van der Waals surface area contributed by atoms with Gasteiger partial charge in [0.15, 0.2) is 11.4 Å². The van der Waals surface area contributed by atoms with E-state index < -0.39 is 11.5 Å². The highest BCUT2D eigenvalue weighted by molar-refractivity contribution is 6.10. The number of amides is 1. The third-order valence-electron chi connectivity index (χ3n) is 5.87. The molecule has 1 aliphatic rings. The van der Waals surface area contributed by atoms with Gasteiger partial charge in [0, 0.05) is 23.5 Å². The molecule has 2 heterocycles. The van der Waals surface area contributed by atoms with Gasteiger partial charge in [-0.25, -0.2) is 0 Å². The first-order chi connectivity index (χ1) is 15.1. The van der Waals surface area contributed by atoms with Gasteiger partial charge in [-0.05, 0) is 34.5 Å². The minimum atomic E-state index is -1.90. The standard InChI is InChI=1S/C26H20N2O3/c29-24(19-12-14-27-15-13-19)16-26(31)22-10-3-4-11-23(22)28(25(26)30)17-20-8-5-7-18-6-1-2-9-21(18)20/h1-15,31H,16-17H2/t26-/m0/s1. The van der Waals surface area contributed by atoms with E-state index in [1.807, 2.05) is 54.6 Å². The van der Waals surface area contributed by atoms with Gasteiger partial charge in [-0.1, -0.05) is 60.7 Å². The molecule has 1 aliphatic heterocycles. The monoisotopic (exact) mass is 408 g/mol. The van der Waals surface area contributed by atoms with Gasteiger partial charge >= 0.3 is 0 Å². The van der Waals surface area contributed by atoms with Crippen LogP contribution >= 0.6 is 0 Å².